The van der Waals surface area contributed by atoms with Crippen molar-refractivity contribution in [1.82, 2.24) is 4.57 Å². The lowest BCUT2D eigenvalue weighted by molar-refractivity contribution is 0.631. The largest absolute Gasteiger partial charge is 0.376 e. The molecule has 50 heavy (non-hydrogen) atoms. The van der Waals surface area contributed by atoms with Crippen molar-refractivity contribution < 1.29 is 0 Å². The van der Waals surface area contributed by atoms with Gasteiger partial charge in [0.25, 0.3) is 0 Å². The highest BCUT2D eigenvalue weighted by molar-refractivity contribution is 6.93. The summed E-state index contributed by atoms with van der Waals surface area (Å²) in [5.74, 6) is 0.0663. The van der Waals surface area contributed by atoms with Gasteiger partial charge in [0.2, 0.25) is 0 Å². The van der Waals surface area contributed by atoms with E-state index in [-0.39, 0.29) is 18.2 Å². The van der Waals surface area contributed by atoms with Crippen molar-refractivity contribution >= 4 is 51.0 Å². The van der Waals surface area contributed by atoms with Crippen LogP contribution in [0, 0.1) is 6.92 Å². The first kappa shape index (κ1) is 28.1. The zero-order valence-electron chi connectivity index (χ0n) is 28.5. The molecule has 0 saturated carbocycles. The number of benzene rings is 7. The Kier molecular flexibility index (Phi) is 5.56. The van der Waals surface area contributed by atoms with Crippen molar-refractivity contribution in [2.45, 2.75) is 32.1 Å². The van der Waals surface area contributed by atoms with Crippen molar-refractivity contribution in [1.29, 1.82) is 0 Å². The molecular weight excluding hydrogens is 603 g/mol. The van der Waals surface area contributed by atoms with Gasteiger partial charge in [0.05, 0.1) is 11.0 Å². The van der Waals surface area contributed by atoms with Gasteiger partial charge < -0.3 is 9.38 Å². The molecule has 4 heterocycles. The van der Waals surface area contributed by atoms with Gasteiger partial charge in [-0.2, -0.15) is 0 Å². The highest BCUT2D eigenvalue weighted by atomic mass is 15.1. The van der Waals surface area contributed by atoms with Crippen molar-refractivity contribution in [3.8, 4) is 16.8 Å². The summed E-state index contributed by atoms with van der Waals surface area (Å²) in [6.45, 7) is 7.04. The molecule has 3 heteroatoms. The molecule has 0 fully saturated rings. The summed E-state index contributed by atoms with van der Waals surface area (Å²) < 4.78 is 2.68. The first-order chi connectivity index (χ1) is 24.5. The third-order valence-corrected chi connectivity index (χ3v) is 11.9. The lowest BCUT2D eigenvalue weighted by Gasteiger charge is -2.45. The highest BCUT2D eigenvalue weighted by Crippen LogP contribution is 2.53. The van der Waals surface area contributed by atoms with Crippen LogP contribution in [0.15, 0.2) is 152 Å². The molecular formula is C47H35BN2. The van der Waals surface area contributed by atoms with Gasteiger partial charge in [0.1, 0.15) is 0 Å². The second-order valence-electron chi connectivity index (χ2n) is 14.9. The Labute approximate surface area is 293 Å². The normalized spacial score (nSPS) is 14.6. The molecule has 0 spiro atoms. The average Bonchev–Trinajstić information content (AvgIpc) is 3.51. The summed E-state index contributed by atoms with van der Waals surface area (Å²) in [5.41, 5.74) is 19.9. The van der Waals surface area contributed by atoms with Gasteiger partial charge in [-0.05, 0) is 75.5 Å². The van der Waals surface area contributed by atoms with E-state index in [2.05, 4.69) is 182 Å². The molecule has 0 radical (unpaired) electrons. The molecule has 11 rings (SSSR count). The van der Waals surface area contributed by atoms with E-state index < -0.39 is 0 Å². The monoisotopic (exact) mass is 638 g/mol. The predicted molar refractivity (Wildman–Crippen MR) is 211 cm³/mol. The quantitative estimate of drug-likeness (QED) is 0.138. The SMILES string of the molecule is Cc1ccc(N2B3c4cccc5c4-n4c6c(cccc6c6c(C(c7ccccc7)c7ccccc7)cc(c3c64)-c3ccccc32)C5(C)C)cc1. The summed E-state index contributed by atoms with van der Waals surface area (Å²) in [6, 6.07) is 57.2. The number of rotatable bonds is 4. The van der Waals surface area contributed by atoms with Gasteiger partial charge in [-0.15, -0.1) is 0 Å². The molecule has 0 saturated heterocycles. The van der Waals surface area contributed by atoms with Gasteiger partial charge in [0.15, 0.2) is 0 Å². The Balaban J connectivity index is 1.38. The zero-order chi connectivity index (χ0) is 33.3. The minimum absolute atomic E-state index is 0.0233. The Morgan fingerprint density at radius 1 is 0.600 bits per heavy atom. The van der Waals surface area contributed by atoms with Gasteiger partial charge in [-0.1, -0.05) is 147 Å². The first-order valence-corrected chi connectivity index (χ1v) is 17.9. The number of anilines is 2. The number of nitrogens with zero attached hydrogens (tertiary/aromatic N) is 2. The number of fused-ring (bicyclic) bond motifs is 4. The molecule has 0 bridgehead atoms. The van der Waals surface area contributed by atoms with E-state index in [1.165, 1.54) is 94.3 Å². The van der Waals surface area contributed by atoms with Gasteiger partial charge >= 0.3 is 6.85 Å². The van der Waals surface area contributed by atoms with Gasteiger partial charge in [-0.25, -0.2) is 0 Å². The van der Waals surface area contributed by atoms with Crippen molar-refractivity contribution in [2.24, 2.45) is 0 Å². The van der Waals surface area contributed by atoms with Crippen LogP contribution < -0.4 is 15.7 Å². The molecule has 2 nitrogen and oxygen atoms in total. The van der Waals surface area contributed by atoms with Crippen LogP contribution >= 0.6 is 0 Å². The van der Waals surface area contributed by atoms with Crippen molar-refractivity contribution in [2.75, 3.05) is 4.81 Å². The van der Waals surface area contributed by atoms with Crippen LogP contribution in [-0.2, 0) is 5.41 Å². The van der Waals surface area contributed by atoms with Crippen LogP contribution in [0.5, 0.6) is 0 Å². The van der Waals surface area contributed by atoms with Crippen LogP contribution in [-0.4, -0.2) is 11.4 Å². The minimum Gasteiger partial charge on any atom is -0.376 e. The summed E-state index contributed by atoms with van der Waals surface area (Å²) in [5, 5.41) is 2.73. The number of hydrogen-bond donors (Lipinski definition) is 0. The standard InChI is InChI=1S/C47H35BN2/c1-29-24-26-32(27-25-29)50-40-23-11-10-18-33(40)35-28-36(41(30-14-6-4-7-15-30)31-16-8-5-9-17-31)42-34-19-12-20-37-44(34)49-45-38(47(37,2)3)21-13-22-39(45)48(50)43(35)46(42)49/h4-28,41H,1-3H3. The second kappa shape index (κ2) is 9.89. The number of aromatic nitrogens is 1. The van der Waals surface area contributed by atoms with Crippen molar-refractivity contribution in [3.63, 3.8) is 0 Å². The molecule has 0 aliphatic carbocycles. The van der Waals surface area contributed by atoms with E-state index in [0.29, 0.717) is 0 Å². The second-order valence-corrected chi connectivity index (χ2v) is 14.9. The molecule has 0 unspecified atom stereocenters. The molecule has 236 valence electrons. The summed E-state index contributed by atoms with van der Waals surface area (Å²) in [6.07, 6.45) is 0. The summed E-state index contributed by atoms with van der Waals surface area (Å²) in [7, 11) is 0. The number of hydrogen-bond acceptors (Lipinski definition) is 1. The smallest absolute Gasteiger partial charge is 0.333 e. The Morgan fingerprint density at radius 2 is 1.26 bits per heavy atom. The lowest BCUT2D eigenvalue weighted by atomic mass is 9.43. The Morgan fingerprint density at radius 3 is 2.00 bits per heavy atom. The van der Waals surface area contributed by atoms with E-state index in [9.17, 15) is 0 Å². The Bertz CT molecular complexity index is 2650. The predicted octanol–water partition coefficient (Wildman–Crippen LogP) is 10.1. The van der Waals surface area contributed by atoms with Crippen LogP contribution in [0.3, 0.4) is 0 Å². The summed E-state index contributed by atoms with van der Waals surface area (Å²) in [4.78, 5) is 2.63. The topological polar surface area (TPSA) is 8.17 Å². The van der Waals surface area contributed by atoms with E-state index in [0.717, 1.165) is 0 Å². The molecule has 0 atom stereocenters. The molecule has 0 amide bonds. The maximum Gasteiger partial charge on any atom is 0.333 e. The Hall–Kier alpha value is -5.80. The summed E-state index contributed by atoms with van der Waals surface area (Å²) >= 11 is 0. The van der Waals surface area contributed by atoms with E-state index in [1.807, 2.05) is 0 Å². The lowest BCUT2D eigenvalue weighted by Crippen LogP contribution is -2.61. The van der Waals surface area contributed by atoms with Gasteiger partial charge in [-0.3, -0.25) is 0 Å². The van der Waals surface area contributed by atoms with E-state index >= 15 is 0 Å². The fourth-order valence-electron chi connectivity index (χ4n) is 9.76. The van der Waals surface area contributed by atoms with Crippen molar-refractivity contribution in [3.05, 3.63) is 185 Å². The molecule has 3 aliphatic rings. The number of para-hydroxylation sites is 3. The molecule has 0 N–H and O–H groups in total. The van der Waals surface area contributed by atoms with E-state index in [4.69, 9.17) is 0 Å². The molecule has 3 aliphatic heterocycles. The fourth-order valence-corrected chi connectivity index (χ4v) is 9.76. The zero-order valence-corrected chi connectivity index (χ0v) is 28.5. The third-order valence-electron chi connectivity index (χ3n) is 11.9. The van der Waals surface area contributed by atoms with Crippen LogP contribution in [0.4, 0.5) is 11.4 Å². The van der Waals surface area contributed by atoms with Crippen LogP contribution in [0.1, 0.15) is 53.1 Å². The third kappa shape index (κ3) is 3.49. The molecule has 7 aromatic carbocycles. The minimum atomic E-state index is -0.157. The van der Waals surface area contributed by atoms with Crippen LogP contribution in [0.25, 0.3) is 38.6 Å². The maximum absolute atomic E-state index is 2.68. The average molecular weight is 639 g/mol. The van der Waals surface area contributed by atoms with Crippen LogP contribution in [0.2, 0.25) is 0 Å². The van der Waals surface area contributed by atoms with E-state index in [1.54, 1.807) is 0 Å². The maximum atomic E-state index is 2.68. The van der Waals surface area contributed by atoms with Gasteiger partial charge in [0, 0.05) is 44.7 Å². The first-order valence-electron chi connectivity index (χ1n) is 17.9. The molecule has 1 aromatic heterocycles. The fraction of sp³-hybridized carbons (Fsp3) is 0.106. The highest BCUT2D eigenvalue weighted by Gasteiger charge is 2.48. The number of aryl methyl sites for hydroxylation is 1. The molecule has 8 aromatic rings.